The predicted octanol–water partition coefficient (Wildman–Crippen LogP) is 1.14. The molecule has 1 unspecified atom stereocenters. The van der Waals surface area contributed by atoms with Crippen LogP contribution in [0.1, 0.15) is 40.5 Å². The molecule has 3 nitrogen and oxygen atoms in total. The standard InChI is InChI=1S/C11H25NO2/c1-5-11(14,6-2)8-12-7-10(13)9(3)4/h9-10,12-14H,5-8H2,1-4H3. The fourth-order valence-corrected chi connectivity index (χ4v) is 1.19. The van der Waals surface area contributed by atoms with Crippen LogP contribution in [0.4, 0.5) is 0 Å². The molecular formula is C11H25NO2. The Morgan fingerprint density at radius 3 is 2.07 bits per heavy atom. The molecule has 0 amide bonds. The van der Waals surface area contributed by atoms with Gasteiger partial charge in [0.1, 0.15) is 0 Å². The van der Waals surface area contributed by atoms with Crippen molar-refractivity contribution in [1.29, 1.82) is 0 Å². The molecule has 86 valence electrons. The van der Waals surface area contributed by atoms with Gasteiger partial charge in [-0.1, -0.05) is 27.7 Å². The molecule has 0 aliphatic carbocycles. The van der Waals surface area contributed by atoms with E-state index in [9.17, 15) is 10.2 Å². The van der Waals surface area contributed by atoms with Gasteiger partial charge in [0, 0.05) is 13.1 Å². The number of nitrogens with one attached hydrogen (secondary N) is 1. The maximum atomic E-state index is 9.94. The second-order valence-electron chi connectivity index (χ2n) is 4.37. The van der Waals surface area contributed by atoms with Gasteiger partial charge in [0.2, 0.25) is 0 Å². The second kappa shape index (κ2) is 6.38. The van der Waals surface area contributed by atoms with E-state index in [2.05, 4.69) is 5.32 Å². The first-order valence-corrected chi connectivity index (χ1v) is 5.56. The van der Waals surface area contributed by atoms with Gasteiger partial charge in [0.05, 0.1) is 11.7 Å². The van der Waals surface area contributed by atoms with E-state index in [-0.39, 0.29) is 12.0 Å². The van der Waals surface area contributed by atoms with Gasteiger partial charge in [-0.2, -0.15) is 0 Å². The molecule has 1 atom stereocenters. The van der Waals surface area contributed by atoms with E-state index >= 15 is 0 Å². The van der Waals surface area contributed by atoms with Crippen LogP contribution >= 0.6 is 0 Å². The fraction of sp³-hybridized carbons (Fsp3) is 1.00. The van der Waals surface area contributed by atoms with Gasteiger partial charge in [0.25, 0.3) is 0 Å². The van der Waals surface area contributed by atoms with Gasteiger partial charge in [-0.05, 0) is 18.8 Å². The number of rotatable bonds is 7. The number of aliphatic hydroxyl groups excluding tert-OH is 1. The minimum Gasteiger partial charge on any atom is -0.392 e. The molecule has 0 rings (SSSR count). The summed E-state index contributed by atoms with van der Waals surface area (Å²) >= 11 is 0. The van der Waals surface area contributed by atoms with E-state index in [1.165, 1.54) is 0 Å². The van der Waals surface area contributed by atoms with Gasteiger partial charge in [-0.15, -0.1) is 0 Å². The smallest absolute Gasteiger partial charge is 0.0766 e. The minimum absolute atomic E-state index is 0.263. The summed E-state index contributed by atoms with van der Waals surface area (Å²) in [5, 5.41) is 22.6. The Labute approximate surface area is 87.5 Å². The lowest BCUT2D eigenvalue weighted by Crippen LogP contribution is -2.42. The van der Waals surface area contributed by atoms with Gasteiger partial charge in [-0.3, -0.25) is 0 Å². The highest BCUT2D eigenvalue weighted by molar-refractivity contribution is 4.78. The first-order valence-electron chi connectivity index (χ1n) is 5.56. The van der Waals surface area contributed by atoms with Crippen molar-refractivity contribution in [1.82, 2.24) is 5.32 Å². The zero-order valence-electron chi connectivity index (χ0n) is 9.88. The van der Waals surface area contributed by atoms with Crippen molar-refractivity contribution in [2.45, 2.75) is 52.2 Å². The third kappa shape index (κ3) is 4.94. The average Bonchev–Trinajstić information content (AvgIpc) is 2.17. The molecule has 0 aliphatic heterocycles. The third-order valence-electron chi connectivity index (χ3n) is 2.89. The maximum Gasteiger partial charge on any atom is 0.0766 e. The SMILES string of the molecule is CCC(O)(CC)CNCC(O)C(C)C. The van der Waals surface area contributed by atoms with E-state index in [1.54, 1.807) is 0 Å². The molecule has 0 bridgehead atoms. The molecular weight excluding hydrogens is 178 g/mol. The number of hydrogen-bond acceptors (Lipinski definition) is 3. The molecule has 0 radical (unpaired) electrons. The van der Waals surface area contributed by atoms with Crippen molar-refractivity contribution in [3.63, 3.8) is 0 Å². The van der Waals surface area contributed by atoms with Crippen molar-refractivity contribution in [3.8, 4) is 0 Å². The lowest BCUT2D eigenvalue weighted by atomic mass is 9.97. The zero-order valence-corrected chi connectivity index (χ0v) is 9.88. The molecule has 0 spiro atoms. The van der Waals surface area contributed by atoms with Crippen LogP contribution in [-0.2, 0) is 0 Å². The van der Waals surface area contributed by atoms with Crippen LogP contribution in [0.2, 0.25) is 0 Å². The quantitative estimate of drug-likeness (QED) is 0.581. The van der Waals surface area contributed by atoms with Crippen molar-refractivity contribution in [2.75, 3.05) is 13.1 Å². The molecule has 0 saturated heterocycles. The highest BCUT2D eigenvalue weighted by atomic mass is 16.3. The molecule has 0 aromatic carbocycles. The van der Waals surface area contributed by atoms with Gasteiger partial charge in [-0.25, -0.2) is 0 Å². The Morgan fingerprint density at radius 2 is 1.71 bits per heavy atom. The first kappa shape index (κ1) is 13.9. The summed E-state index contributed by atoms with van der Waals surface area (Å²) in [6.45, 7) is 9.04. The lowest BCUT2D eigenvalue weighted by Gasteiger charge is -2.26. The van der Waals surface area contributed by atoms with Gasteiger partial charge >= 0.3 is 0 Å². The largest absolute Gasteiger partial charge is 0.392 e. The molecule has 3 N–H and O–H groups in total. The minimum atomic E-state index is -0.614. The molecule has 0 saturated carbocycles. The molecule has 14 heavy (non-hydrogen) atoms. The normalized spacial score (nSPS) is 14.8. The van der Waals surface area contributed by atoms with E-state index < -0.39 is 5.60 Å². The molecule has 3 heteroatoms. The Morgan fingerprint density at radius 1 is 1.21 bits per heavy atom. The monoisotopic (exact) mass is 203 g/mol. The molecule has 0 aliphatic rings. The molecule has 0 fully saturated rings. The van der Waals surface area contributed by atoms with Gasteiger partial charge in [0.15, 0.2) is 0 Å². The summed E-state index contributed by atoms with van der Waals surface area (Å²) in [7, 11) is 0. The summed E-state index contributed by atoms with van der Waals surface area (Å²) in [6.07, 6.45) is 1.16. The maximum absolute atomic E-state index is 9.94. The summed E-state index contributed by atoms with van der Waals surface area (Å²) < 4.78 is 0. The van der Waals surface area contributed by atoms with Crippen LogP contribution < -0.4 is 5.32 Å². The van der Waals surface area contributed by atoms with Crippen LogP contribution in [0, 0.1) is 5.92 Å². The molecule has 0 aromatic heterocycles. The van der Waals surface area contributed by atoms with E-state index in [1.807, 2.05) is 27.7 Å². The second-order valence-corrected chi connectivity index (χ2v) is 4.37. The number of hydrogen-bond donors (Lipinski definition) is 3. The highest BCUT2D eigenvalue weighted by Crippen LogP contribution is 2.12. The molecule has 0 aromatic rings. The van der Waals surface area contributed by atoms with Crippen molar-refractivity contribution in [3.05, 3.63) is 0 Å². The van der Waals surface area contributed by atoms with Crippen LogP contribution in [0.15, 0.2) is 0 Å². The van der Waals surface area contributed by atoms with Crippen molar-refractivity contribution in [2.24, 2.45) is 5.92 Å². The zero-order chi connectivity index (χ0) is 11.2. The Hall–Kier alpha value is -0.120. The summed E-state index contributed by atoms with van der Waals surface area (Å²) in [5.74, 6) is 0.263. The Balaban J connectivity index is 3.72. The predicted molar refractivity (Wildman–Crippen MR) is 59.2 cm³/mol. The van der Waals surface area contributed by atoms with Crippen molar-refractivity contribution >= 4 is 0 Å². The Kier molecular flexibility index (Phi) is 6.33. The summed E-state index contributed by atoms with van der Waals surface area (Å²) in [4.78, 5) is 0. The van der Waals surface area contributed by atoms with Crippen molar-refractivity contribution < 1.29 is 10.2 Å². The summed E-state index contributed by atoms with van der Waals surface area (Å²) in [6, 6.07) is 0. The third-order valence-corrected chi connectivity index (χ3v) is 2.89. The molecule has 0 heterocycles. The van der Waals surface area contributed by atoms with Crippen LogP contribution in [0.25, 0.3) is 0 Å². The van der Waals surface area contributed by atoms with E-state index in [4.69, 9.17) is 0 Å². The van der Waals surface area contributed by atoms with E-state index in [0.717, 1.165) is 12.8 Å². The topological polar surface area (TPSA) is 52.5 Å². The average molecular weight is 203 g/mol. The van der Waals surface area contributed by atoms with Crippen LogP contribution in [0.3, 0.4) is 0 Å². The van der Waals surface area contributed by atoms with Crippen LogP contribution in [0.5, 0.6) is 0 Å². The fourth-order valence-electron chi connectivity index (χ4n) is 1.19. The summed E-state index contributed by atoms with van der Waals surface area (Å²) in [5.41, 5.74) is -0.614. The highest BCUT2D eigenvalue weighted by Gasteiger charge is 2.21. The number of aliphatic hydroxyl groups is 2. The van der Waals surface area contributed by atoms with E-state index in [0.29, 0.717) is 13.1 Å². The Bertz CT molecular complexity index is 144. The lowest BCUT2D eigenvalue weighted by molar-refractivity contribution is 0.0273. The first-order chi connectivity index (χ1) is 6.45. The van der Waals surface area contributed by atoms with Crippen LogP contribution in [-0.4, -0.2) is 35.0 Å². The van der Waals surface area contributed by atoms with Gasteiger partial charge < -0.3 is 15.5 Å².